The van der Waals surface area contributed by atoms with Crippen molar-refractivity contribution in [3.63, 3.8) is 0 Å². The fourth-order valence-electron chi connectivity index (χ4n) is 2.88. The van der Waals surface area contributed by atoms with Gasteiger partial charge in [-0.25, -0.2) is 0 Å². The SMILES string of the molecule is COc1ccccc1CN(Cc1nc(-c2ccco2)no1)Cc1cccs1. The molecule has 0 bridgehead atoms. The number of rotatable bonds is 8. The van der Waals surface area contributed by atoms with Gasteiger partial charge in [-0.2, -0.15) is 4.98 Å². The monoisotopic (exact) mass is 381 g/mol. The lowest BCUT2D eigenvalue weighted by atomic mass is 10.2. The Labute approximate surface area is 161 Å². The first kappa shape index (κ1) is 17.5. The summed E-state index contributed by atoms with van der Waals surface area (Å²) >= 11 is 1.73. The van der Waals surface area contributed by atoms with Gasteiger partial charge in [-0.05, 0) is 29.6 Å². The first-order valence-electron chi connectivity index (χ1n) is 8.55. The molecular weight excluding hydrogens is 362 g/mol. The fourth-order valence-corrected chi connectivity index (χ4v) is 3.63. The van der Waals surface area contributed by atoms with E-state index in [2.05, 4.69) is 38.6 Å². The molecule has 3 heterocycles. The van der Waals surface area contributed by atoms with Crippen LogP contribution < -0.4 is 4.74 Å². The largest absolute Gasteiger partial charge is 0.496 e. The first-order chi connectivity index (χ1) is 13.3. The highest BCUT2D eigenvalue weighted by molar-refractivity contribution is 7.09. The van der Waals surface area contributed by atoms with Crippen LogP contribution in [0.15, 0.2) is 69.1 Å². The average molecular weight is 381 g/mol. The zero-order valence-corrected chi connectivity index (χ0v) is 15.7. The topological polar surface area (TPSA) is 64.5 Å². The summed E-state index contributed by atoms with van der Waals surface area (Å²) in [6, 6.07) is 15.8. The van der Waals surface area contributed by atoms with Gasteiger partial charge in [0.05, 0.1) is 19.9 Å². The molecule has 0 amide bonds. The van der Waals surface area contributed by atoms with Gasteiger partial charge in [0.25, 0.3) is 0 Å². The molecule has 0 aliphatic rings. The second kappa shape index (κ2) is 8.20. The zero-order chi connectivity index (χ0) is 18.5. The van der Waals surface area contributed by atoms with Gasteiger partial charge in [-0.1, -0.05) is 29.4 Å². The average Bonchev–Trinajstić information content (AvgIpc) is 3.44. The van der Waals surface area contributed by atoms with Crippen molar-refractivity contribution in [2.75, 3.05) is 7.11 Å². The molecule has 0 spiro atoms. The second-order valence-corrected chi connectivity index (χ2v) is 7.06. The summed E-state index contributed by atoms with van der Waals surface area (Å²) in [6.07, 6.45) is 1.59. The van der Waals surface area contributed by atoms with Crippen molar-refractivity contribution in [2.24, 2.45) is 0 Å². The Hall–Kier alpha value is -2.90. The van der Waals surface area contributed by atoms with E-state index < -0.39 is 0 Å². The second-order valence-electron chi connectivity index (χ2n) is 6.03. The molecule has 4 rings (SSSR count). The number of thiophene rings is 1. The summed E-state index contributed by atoms with van der Waals surface area (Å²) in [5.41, 5.74) is 1.11. The van der Waals surface area contributed by atoms with Crippen molar-refractivity contribution < 1.29 is 13.7 Å². The van der Waals surface area contributed by atoms with Crippen LogP contribution in [0, 0.1) is 0 Å². The van der Waals surface area contributed by atoms with Crippen LogP contribution in [0.1, 0.15) is 16.3 Å². The molecule has 6 nitrogen and oxygen atoms in total. The summed E-state index contributed by atoms with van der Waals surface area (Å²) < 4.78 is 16.3. The van der Waals surface area contributed by atoms with Gasteiger partial charge in [0, 0.05) is 23.5 Å². The number of hydrogen-bond acceptors (Lipinski definition) is 7. The minimum absolute atomic E-state index is 0.461. The molecule has 0 saturated carbocycles. The van der Waals surface area contributed by atoms with E-state index in [9.17, 15) is 0 Å². The first-order valence-corrected chi connectivity index (χ1v) is 9.43. The summed E-state index contributed by atoms with van der Waals surface area (Å²) in [7, 11) is 1.69. The molecule has 0 radical (unpaired) electrons. The van der Waals surface area contributed by atoms with Gasteiger partial charge < -0.3 is 13.7 Å². The molecular formula is C20H19N3O3S. The molecule has 138 valence electrons. The Bertz CT molecular complexity index is 964. The number of ether oxygens (including phenoxy) is 1. The molecule has 0 fully saturated rings. The van der Waals surface area contributed by atoms with Crippen molar-refractivity contribution in [1.82, 2.24) is 15.0 Å². The van der Waals surface area contributed by atoms with Gasteiger partial charge in [-0.15, -0.1) is 11.3 Å². The van der Waals surface area contributed by atoms with E-state index in [0.717, 1.165) is 17.9 Å². The van der Waals surface area contributed by atoms with Crippen molar-refractivity contribution in [2.45, 2.75) is 19.6 Å². The van der Waals surface area contributed by atoms with Crippen LogP contribution in [0.4, 0.5) is 0 Å². The van der Waals surface area contributed by atoms with Crippen LogP contribution in [-0.2, 0) is 19.6 Å². The molecule has 3 aromatic heterocycles. The third-order valence-electron chi connectivity index (χ3n) is 4.11. The highest BCUT2D eigenvalue weighted by Crippen LogP contribution is 2.23. The molecule has 4 aromatic rings. The molecule has 0 N–H and O–H groups in total. The molecule has 0 aliphatic heterocycles. The minimum atomic E-state index is 0.461. The maximum absolute atomic E-state index is 5.50. The molecule has 27 heavy (non-hydrogen) atoms. The van der Waals surface area contributed by atoms with E-state index in [1.54, 1.807) is 30.8 Å². The van der Waals surface area contributed by atoms with Crippen molar-refractivity contribution >= 4 is 11.3 Å². The molecule has 1 aromatic carbocycles. The smallest absolute Gasteiger partial charge is 0.241 e. The Morgan fingerprint density at radius 3 is 2.74 bits per heavy atom. The summed E-state index contributed by atoms with van der Waals surface area (Å²) in [4.78, 5) is 7.99. The number of furan rings is 1. The predicted molar refractivity (Wildman–Crippen MR) is 102 cm³/mol. The number of hydrogen-bond donors (Lipinski definition) is 0. The number of benzene rings is 1. The number of nitrogens with zero attached hydrogens (tertiary/aromatic N) is 3. The van der Waals surface area contributed by atoms with Crippen molar-refractivity contribution in [3.8, 4) is 17.3 Å². The van der Waals surface area contributed by atoms with Gasteiger partial charge >= 0.3 is 0 Å². The predicted octanol–water partition coefficient (Wildman–Crippen LogP) is 4.60. The highest BCUT2D eigenvalue weighted by Gasteiger charge is 2.17. The van der Waals surface area contributed by atoms with Crippen LogP contribution in [0.5, 0.6) is 5.75 Å². The van der Waals surface area contributed by atoms with Crippen LogP contribution in [0.3, 0.4) is 0 Å². The molecule has 0 saturated heterocycles. The van der Waals surface area contributed by atoms with Gasteiger partial charge in [-0.3, -0.25) is 4.90 Å². The lowest BCUT2D eigenvalue weighted by Gasteiger charge is -2.21. The Balaban J connectivity index is 1.54. The molecule has 0 atom stereocenters. The van der Waals surface area contributed by atoms with Crippen molar-refractivity contribution in [3.05, 3.63) is 76.5 Å². The number of para-hydroxylation sites is 1. The molecule has 0 aliphatic carbocycles. The van der Waals surface area contributed by atoms with Gasteiger partial charge in [0.2, 0.25) is 11.7 Å². The Morgan fingerprint density at radius 2 is 1.96 bits per heavy atom. The summed E-state index contributed by atoms with van der Waals surface area (Å²) in [5, 5.41) is 6.10. The standard InChI is InChI=1S/C20H19N3O3S/c1-24-17-8-3-2-6-15(17)12-23(13-16-7-5-11-27-16)14-19-21-20(22-26-19)18-9-4-10-25-18/h2-11H,12-14H2,1H3. The van der Waals surface area contributed by atoms with E-state index >= 15 is 0 Å². The third-order valence-corrected chi connectivity index (χ3v) is 4.98. The maximum Gasteiger partial charge on any atom is 0.241 e. The zero-order valence-electron chi connectivity index (χ0n) is 14.9. The lowest BCUT2D eigenvalue weighted by molar-refractivity contribution is 0.210. The number of aromatic nitrogens is 2. The van der Waals surface area contributed by atoms with Crippen molar-refractivity contribution in [1.29, 1.82) is 0 Å². The van der Waals surface area contributed by atoms with E-state index in [4.69, 9.17) is 13.7 Å². The summed E-state index contributed by atoms with van der Waals surface area (Å²) in [5.74, 6) is 2.48. The van der Waals surface area contributed by atoms with E-state index in [1.165, 1.54) is 4.88 Å². The maximum atomic E-state index is 5.50. The van der Waals surface area contributed by atoms with Crippen LogP contribution in [-0.4, -0.2) is 22.2 Å². The lowest BCUT2D eigenvalue weighted by Crippen LogP contribution is -2.22. The Kier molecular flexibility index (Phi) is 5.32. The van der Waals surface area contributed by atoms with Gasteiger partial charge in [0.1, 0.15) is 5.75 Å². The quantitative estimate of drug-likeness (QED) is 0.444. The fraction of sp³-hybridized carbons (Fsp3) is 0.200. The van der Waals surface area contributed by atoms with Gasteiger partial charge in [0.15, 0.2) is 5.76 Å². The third kappa shape index (κ3) is 4.27. The summed E-state index contributed by atoms with van der Waals surface area (Å²) in [6.45, 7) is 2.03. The van der Waals surface area contributed by atoms with Crippen LogP contribution in [0.2, 0.25) is 0 Å². The van der Waals surface area contributed by atoms with E-state index in [0.29, 0.717) is 30.6 Å². The molecule has 0 unspecified atom stereocenters. The minimum Gasteiger partial charge on any atom is -0.496 e. The highest BCUT2D eigenvalue weighted by atomic mass is 32.1. The van der Waals surface area contributed by atoms with E-state index in [1.807, 2.05) is 24.3 Å². The van der Waals surface area contributed by atoms with Crippen LogP contribution in [0.25, 0.3) is 11.6 Å². The Morgan fingerprint density at radius 1 is 1.04 bits per heavy atom. The number of methoxy groups -OCH3 is 1. The van der Waals surface area contributed by atoms with E-state index in [-0.39, 0.29) is 0 Å². The normalized spacial score (nSPS) is 11.2. The van der Waals surface area contributed by atoms with Crippen LogP contribution >= 0.6 is 11.3 Å². The molecule has 7 heteroatoms.